The largest absolute Gasteiger partial charge is 0.472 e. The Labute approximate surface area is 287 Å². The number of phosphoric ester groups is 1. The lowest BCUT2D eigenvalue weighted by atomic mass is 10.0. The Hall–Kier alpha value is -1.32. The van der Waals surface area contributed by atoms with E-state index in [4.69, 9.17) is 14.8 Å². The first-order valence-electron chi connectivity index (χ1n) is 18.7. The van der Waals surface area contributed by atoms with Gasteiger partial charge in [-0.3, -0.25) is 13.8 Å². The van der Waals surface area contributed by atoms with Gasteiger partial charge in [-0.1, -0.05) is 134 Å². The third-order valence-corrected chi connectivity index (χ3v) is 8.96. The minimum atomic E-state index is -4.39. The number of nitrogens with two attached hydrogens (primary N) is 1. The molecule has 0 aromatic rings. The second kappa shape index (κ2) is 33.2. The van der Waals surface area contributed by atoms with Gasteiger partial charge < -0.3 is 26.2 Å². The van der Waals surface area contributed by atoms with Crippen molar-refractivity contribution in [3.63, 3.8) is 0 Å². The maximum atomic E-state index is 12.7. The van der Waals surface area contributed by atoms with Crippen molar-refractivity contribution in [1.82, 2.24) is 5.32 Å². The summed E-state index contributed by atoms with van der Waals surface area (Å²) in [6, 6.07) is -0.998. The number of aliphatic hydroxyl groups is 2. The van der Waals surface area contributed by atoms with E-state index in [-0.39, 0.29) is 19.6 Å². The number of rotatable bonds is 34. The van der Waals surface area contributed by atoms with Crippen LogP contribution in [0.4, 0.5) is 0 Å². The number of hydrogen-bond acceptors (Lipinski definition) is 7. The molecule has 0 aromatic carbocycles. The predicted octanol–water partition coefficient (Wildman–Crippen LogP) is 8.58. The van der Waals surface area contributed by atoms with Gasteiger partial charge in [-0.15, -0.1) is 0 Å². The average Bonchev–Trinajstić information content (AvgIpc) is 3.04. The van der Waals surface area contributed by atoms with Crippen LogP contribution in [0.15, 0.2) is 36.5 Å². The van der Waals surface area contributed by atoms with Gasteiger partial charge in [0.05, 0.1) is 37.9 Å². The lowest BCUT2D eigenvalue weighted by Crippen LogP contribution is -2.46. The number of allylic oxidation sites excluding steroid dienone is 5. The molecule has 0 saturated heterocycles. The molecule has 0 aliphatic carbocycles. The van der Waals surface area contributed by atoms with Gasteiger partial charge in [0.25, 0.3) is 0 Å². The van der Waals surface area contributed by atoms with Crippen LogP contribution in [0.2, 0.25) is 0 Å². The summed E-state index contributed by atoms with van der Waals surface area (Å²) < 4.78 is 21.8. The highest BCUT2D eigenvalue weighted by Gasteiger charge is 2.27. The quantitative estimate of drug-likeness (QED) is 0.0257. The van der Waals surface area contributed by atoms with Crippen LogP contribution in [0.5, 0.6) is 0 Å². The summed E-state index contributed by atoms with van der Waals surface area (Å²) in [5, 5.41) is 23.8. The Kier molecular flexibility index (Phi) is 32.3. The third kappa shape index (κ3) is 31.7. The Morgan fingerprint density at radius 3 is 1.85 bits per heavy atom. The zero-order valence-electron chi connectivity index (χ0n) is 29.9. The molecule has 4 unspecified atom stereocenters. The molecule has 0 aliphatic rings. The Balaban J connectivity index is 4.26. The van der Waals surface area contributed by atoms with Crippen molar-refractivity contribution < 1.29 is 33.5 Å². The second-order valence-electron chi connectivity index (χ2n) is 12.6. The fraction of sp³-hybridized carbons (Fsp3) is 0.811. The molecule has 0 saturated carbocycles. The minimum absolute atomic E-state index is 0.0425. The van der Waals surface area contributed by atoms with Crippen molar-refractivity contribution in [3.05, 3.63) is 36.5 Å². The van der Waals surface area contributed by atoms with Crippen molar-refractivity contribution in [2.24, 2.45) is 5.73 Å². The zero-order valence-corrected chi connectivity index (χ0v) is 30.8. The molecule has 0 aromatic heterocycles. The van der Waals surface area contributed by atoms with Gasteiger partial charge in [-0.2, -0.15) is 0 Å². The number of hydrogen-bond donors (Lipinski definition) is 5. The van der Waals surface area contributed by atoms with Crippen LogP contribution in [-0.2, 0) is 18.4 Å². The molecule has 4 atom stereocenters. The van der Waals surface area contributed by atoms with Crippen molar-refractivity contribution in [3.8, 4) is 0 Å². The minimum Gasteiger partial charge on any atom is -0.393 e. The summed E-state index contributed by atoms with van der Waals surface area (Å²) in [6.07, 6.45) is 34.1. The van der Waals surface area contributed by atoms with E-state index in [1.54, 1.807) is 6.08 Å². The highest BCUT2D eigenvalue weighted by Crippen LogP contribution is 2.43. The molecule has 47 heavy (non-hydrogen) atoms. The number of nitrogens with one attached hydrogen (secondary N) is 1. The number of unbranched alkanes of at least 4 members (excludes halogenated alkanes) is 16. The SMILES string of the molecule is CCC/C=C/CC/C=C/C(O)C(COP(=O)(O)OCCN)NC(=O)CC(O)CCCCCCC/C=C\CCCCCCCCCCC. The van der Waals surface area contributed by atoms with Crippen molar-refractivity contribution in [2.75, 3.05) is 19.8 Å². The van der Waals surface area contributed by atoms with Crippen LogP contribution < -0.4 is 11.1 Å². The van der Waals surface area contributed by atoms with Crippen LogP contribution in [-0.4, -0.2) is 59.0 Å². The van der Waals surface area contributed by atoms with E-state index in [2.05, 4.69) is 43.5 Å². The maximum Gasteiger partial charge on any atom is 0.472 e. The molecule has 0 heterocycles. The first kappa shape index (κ1) is 45.7. The number of carbonyl (C=O) groups excluding carboxylic acids is 1. The third-order valence-electron chi connectivity index (χ3n) is 7.97. The van der Waals surface area contributed by atoms with Gasteiger partial charge >= 0.3 is 7.82 Å². The van der Waals surface area contributed by atoms with Crippen LogP contribution in [0.1, 0.15) is 155 Å². The summed E-state index contributed by atoms with van der Waals surface area (Å²) in [4.78, 5) is 22.5. The van der Waals surface area contributed by atoms with Gasteiger partial charge in [0.15, 0.2) is 0 Å². The molecule has 0 spiro atoms. The highest BCUT2D eigenvalue weighted by molar-refractivity contribution is 7.47. The van der Waals surface area contributed by atoms with Gasteiger partial charge in [0.2, 0.25) is 5.91 Å². The van der Waals surface area contributed by atoms with E-state index >= 15 is 0 Å². The Bertz CT molecular complexity index is 853. The topological polar surface area (TPSA) is 151 Å². The summed E-state index contributed by atoms with van der Waals surface area (Å²) in [5.41, 5.74) is 5.32. The van der Waals surface area contributed by atoms with E-state index in [9.17, 15) is 24.5 Å². The summed E-state index contributed by atoms with van der Waals surface area (Å²) in [6.45, 7) is 3.81. The number of amides is 1. The molecule has 0 radical (unpaired) electrons. The molecule has 10 heteroatoms. The lowest BCUT2D eigenvalue weighted by Gasteiger charge is -2.24. The fourth-order valence-corrected chi connectivity index (χ4v) is 5.89. The van der Waals surface area contributed by atoms with E-state index in [1.165, 1.54) is 76.7 Å². The normalized spacial score (nSPS) is 15.4. The van der Waals surface area contributed by atoms with Crippen molar-refractivity contribution in [2.45, 2.75) is 173 Å². The van der Waals surface area contributed by atoms with Gasteiger partial charge in [-0.05, 0) is 51.4 Å². The average molecular weight is 687 g/mol. The smallest absolute Gasteiger partial charge is 0.393 e. The summed E-state index contributed by atoms with van der Waals surface area (Å²) >= 11 is 0. The monoisotopic (exact) mass is 686 g/mol. The van der Waals surface area contributed by atoms with Crippen LogP contribution in [0, 0.1) is 0 Å². The molecule has 9 nitrogen and oxygen atoms in total. The number of carbonyl (C=O) groups is 1. The molecule has 276 valence electrons. The van der Waals surface area contributed by atoms with Gasteiger partial charge in [0.1, 0.15) is 0 Å². The first-order chi connectivity index (χ1) is 22.8. The van der Waals surface area contributed by atoms with E-state index < -0.39 is 38.6 Å². The Morgan fingerprint density at radius 2 is 1.26 bits per heavy atom. The number of aliphatic hydroxyl groups excluding tert-OH is 2. The first-order valence-corrected chi connectivity index (χ1v) is 20.2. The van der Waals surface area contributed by atoms with Gasteiger partial charge in [-0.25, -0.2) is 4.57 Å². The van der Waals surface area contributed by atoms with E-state index in [0.717, 1.165) is 51.4 Å². The molecule has 1 amide bonds. The van der Waals surface area contributed by atoms with Gasteiger partial charge in [0, 0.05) is 6.54 Å². The van der Waals surface area contributed by atoms with Crippen LogP contribution in [0.25, 0.3) is 0 Å². The van der Waals surface area contributed by atoms with E-state index in [0.29, 0.717) is 12.8 Å². The summed E-state index contributed by atoms with van der Waals surface area (Å²) in [5.74, 6) is -0.467. The predicted molar refractivity (Wildman–Crippen MR) is 195 cm³/mol. The molecule has 0 fully saturated rings. The standard InChI is InChI=1S/C37H71N2O7P/c1-3-5-7-9-11-12-13-14-15-16-17-18-19-20-21-23-24-26-28-34(40)32-37(42)39-35(33-46-47(43,44)45-31-30-38)36(41)29-27-25-22-10-8-6-4-2/h8,10,17-18,27,29,34-36,40-41H,3-7,9,11-16,19-26,28,30-33,38H2,1-2H3,(H,39,42)(H,43,44)/b10-8+,18-17-,29-27+. The molecular formula is C37H71N2O7P. The maximum absolute atomic E-state index is 12.7. The lowest BCUT2D eigenvalue weighted by molar-refractivity contribution is -0.124. The molecule has 0 aliphatic heterocycles. The van der Waals surface area contributed by atoms with Crippen LogP contribution in [0.3, 0.4) is 0 Å². The number of phosphoric acid groups is 1. The molecule has 0 rings (SSSR count). The Morgan fingerprint density at radius 1 is 0.723 bits per heavy atom. The second-order valence-corrected chi connectivity index (χ2v) is 14.1. The van der Waals surface area contributed by atoms with Crippen LogP contribution >= 0.6 is 7.82 Å². The van der Waals surface area contributed by atoms with Crippen molar-refractivity contribution in [1.29, 1.82) is 0 Å². The molecular weight excluding hydrogens is 615 g/mol. The zero-order chi connectivity index (χ0) is 34.9. The highest BCUT2D eigenvalue weighted by atomic mass is 31.2. The molecule has 0 bridgehead atoms. The van der Waals surface area contributed by atoms with Crippen molar-refractivity contribution >= 4 is 13.7 Å². The molecule has 6 N–H and O–H groups in total. The van der Waals surface area contributed by atoms with E-state index in [1.807, 2.05) is 0 Å². The fourth-order valence-electron chi connectivity index (χ4n) is 5.13. The summed E-state index contributed by atoms with van der Waals surface area (Å²) in [7, 11) is -4.39.